The van der Waals surface area contributed by atoms with Crippen molar-refractivity contribution in [3.63, 3.8) is 0 Å². The van der Waals surface area contributed by atoms with E-state index in [1.54, 1.807) is 12.3 Å². The molecule has 2 heterocycles. The van der Waals surface area contributed by atoms with Gasteiger partial charge in [0, 0.05) is 17.6 Å². The first-order valence-electron chi connectivity index (χ1n) is 8.39. The van der Waals surface area contributed by atoms with Gasteiger partial charge in [0.2, 0.25) is 5.95 Å². The number of nitrogens with one attached hydrogen (secondary N) is 2. The van der Waals surface area contributed by atoms with E-state index < -0.39 is 0 Å². The van der Waals surface area contributed by atoms with E-state index in [4.69, 9.17) is 0 Å². The number of anilines is 2. The van der Waals surface area contributed by atoms with Crippen LogP contribution in [0, 0.1) is 20.8 Å². The lowest BCUT2D eigenvalue weighted by atomic mass is 10.1. The van der Waals surface area contributed by atoms with E-state index in [1.165, 1.54) is 0 Å². The van der Waals surface area contributed by atoms with Gasteiger partial charge in [0.05, 0.1) is 12.2 Å². The summed E-state index contributed by atoms with van der Waals surface area (Å²) in [6.45, 7) is 6.25. The largest absolute Gasteiger partial charge is 0.345 e. The highest BCUT2D eigenvalue weighted by atomic mass is 16.1. The average Bonchev–Trinajstić information content (AvgIpc) is 2.59. The summed E-state index contributed by atoms with van der Waals surface area (Å²) >= 11 is 0. The summed E-state index contributed by atoms with van der Waals surface area (Å²) < 4.78 is 0. The van der Waals surface area contributed by atoms with Gasteiger partial charge in [-0.2, -0.15) is 0 Å². The first-order valence-corrected chi connectivity index (χ1v) is 8.39. The summed E-state index contributed by atoms with van der Waals surface area (Å²) in [5.41, 5.74) is 5.02. The SMILES string of the molecule is Cc1cc(C)cc(Nc2nc(C)cc(C(=O)NCc3ccccn3)n2)c1. The van der Waals surface area contributed by atoms with Crippen LogP contribution in [-0.4, -0.2) is 20.9 Å². The number of pyridine rings is 1. The molecular weight excluding hydrogens is 326 g/mol. The van der Waals surface area contributed by atoms with Crippen molar-refractivity contribution < 1.29 is 4.79 Å². The van der Waals surface area contributed by atoms with Gasteiger partial charge in [-0.25, -0.2) is 9.97 Å². The van der Waals surface area contributed by atoms with Gasteiger partial charge in [-0.05, 0) is 62.2 Å². The molecule has 0 aliphatic carbocycles. The van der Waals surface area contributed by atoms with Crippen molar-refractivity contribution in [1.29, 1.82) is 0 Å². The summed E-state index contributed by atoms with van der Waals surface area (Å²) in [4.78, 5) is 25.3. The summed E-state index contributed by atoms with van der Waals surface area (Å²) in [5, 5.41) is 6.01. The van der Waals surface area contributed by atoms with Gasteiger partial charge in [0.1, 0.15) is 5.69 Å². The summed E-state index contributed by atoms with van der Waals surface area (Å²) in [6.07, 6.45) is 1.70. The predicted octanol–water partition coefficient (Wildman–Crippen LogP) is 3.47. The van der Waals surface area contributed by atoms with Gasteiger partial charge in [-0.15, -0.1) is 0 Å². The Bertz CT molecular complexity index is 904. The monoisotopic (exact) mass is 347 g/mol. The topological polar surface area (TPSA) is 79.8 Å². The van der Waals surface area contributed by atoms with E-state index in [0.29, 0.717) is 18.2 Å². The second-order valence-corrected chi connectivity index (χ2v) is 6.22. The first-order chi connectivity index (χ1) is 12.5. The molecule has 0 saturated carbocycles. The zero-order chi connectivity index (χ0) is 18.5. The molecule has 0 unspecified atom stereocenters. The van der Waals surface area contributed by atoms with Gasteiger partial charge in [-0.1, -0.05) is 12.1 Å². The minimum atomic E-state index is -0.260. The van der Waals surface area contributed by atoms with E-state index in [9.17, 15) is 4.79 Å². The van der Waals surface area contributed by atoms with Crippen LogP contribution in [0.2, 0.25) is 0 Å². The molecule has 0 aliphatic rings. The number of hydrogen-bond donors (Lipinski definition) is 2. The quantitative estimate of drug-likeness (QED) is 0.739. The molecule has 1 amide bonds. The lowest BCUT2D eigenvalue weighted by Gasteiger charge is -2.10. The zero-order valence-corrected chi connectivity index (χ0v) is 15.1. The van der Waals surface area contributed by atoms with Crippen LogP contribution >= 0.6 is 0 Å². The Morgan fingerprint density at radius 1 is 1.00 bits per heavy atom. The molecule has 0 spiro atoms. The van der Waals surface area contributed by atoms with Gasteiger partial charge in [-0.3, -0.25) is 9.78 Å². The van der Waals surface area contributed by atoms with Crippen LogP contribution in [0.1, 0.15) is 33.0 Å². The average molecular weight is 347 g/mol. The molecule has 132 valence electrons. The lowest BCUT2D eigenvalue weighted by molar-refractivity contribution is 0.0945. The molecule has 0 atom stereocenters. The third-order valence-corrected chi connectivity index (χ3v) is 3.72. The molecule has 2 aromatic heterocycles. The van der Waals surface area contributed by atoms with Crippen LogP contribution in [0.5, 0.6) is 0 Å². The van der Waals surface area contributed by atoms with Gasteiger partial charge >= 0.3 is 0 Å². The van der Waals surface area contributed by atoms with Crippen molar-refractivity contribution in [2.75, 3.05) is 5.32 Å². The third-order valence-electron chi connectivity index (χ3n) is 3.72. The molecule has 0 bridgehead atoms. The van der Waals surface area contributed by atoms with E-state index in [1.807, 2.05) is 51.1 Å². The minimum absolute atomic E-state index is 0.260. The van der Waals surface area contributed by atoms with E-state index >= 15 is 0 Å². The number of nitrogens with zero attached hydrogens (tertiary/aromatic N) is 3. The molecule has 0 aliphatic heterocycles. The Morgan fingerprint density at radius 2 is 1.77 bits per heavy atom. The maximum Gasteiger partial charge on any atom is 0.270 e. The minimum Gasteiger partial charge on any atom is -0.345 e. The zero-order valence-electron chi connectivity index (χ0n) is 15.1. The number of carbonyl (C=O) groups excluding carboxylic acids is 1. The van der Waals surface area contributed by atoms with Crippen molar-refractivity contribution in [2.45, 2.75) is 27.3 Å². The fraction of sp³-hybridized carbons (Fsp3) is 0.200. The van der Waals surface area contributed by atoms with Crippen LogP contribution < -0.4 is 10.6 Å². The van der Waals surface area contributed by atoms with Crippen molar-refractivity contribution in [2.24, 2.45) is 0 Å². The van der Waals surface area contributed by atoms with Crippen LogP contribution in [0.4, 0.5) is 11.6 Å². The number of benzene rings is 1. The fourth-order valence-corrected chi connectivity index (χ4v) is 2.68. The Balaban J connectivity index is 1.75. The summed E-state index contributed by atoms with van der Waals surface area (Å²) in [7, 11) is 0. The predicted molar refractivity (Wildman–Crippen MR) is 101 cm³/mol. The van der Waals surface area contributed by atoms with Crippen LogP contribution in [0.15, 0.2) is 48.7 Å². The first kappa shape index (κ1) is 17.5. The molecule has 6 heteroatoms. The molecule has 1 aromatic carbocycles. The number of amides is 1. The summed E-state index contributed by atoms with van der Waals surface area (Å²) in [5.74, 6) is 0.141. The van der Waals surface area contributed by atoms with Gasteiger partial charge < -0.3 is 10.6 Å². The normalized spacial score (nSPS) is 10.4. The molecule has 0 fully saturated rings. The molecule has 0 saturated heterocycles. The smallest absolute Gasteiger partial charge is 0.270 e. The molecular formula is C20H21N5O. The Labute approximate surface area is 152 Å². The van der Waals surface area contributed by atoms with Crippen LogP contribution in [0.25, 0.3) is 0 Å². The van der Waals surface area contributed by atoms with Crippen molar-refractivity contribution in [3.8, 4) is 0 Å². The standard InChI is InChI=1S/C20H21N5O/c1-13-8-14(2)10-17(9-13)24-20-23-15(3)11-18(25-20)19(26)22-12-16-6-4-5-7-21-16/h4-11H,12H2,1-3H3,(H,22,26)(H,23,24,25). The molecule has 0 radical (unpaired) electrons. The van der Waals surface area contributed by atoms with Crippen molar-refractivity contribution in [3.05, 3.63) is 76.9 Å². The second-order valence-electron chi connectivity index (χ2n) is 6.22. The fourth-order valence-electron chi connectivity index (χ4n) is 2.68. The maximum absolute atomic E-state index is 12.4. The Morgan fingerprint density at radius 3 is 2.46 bits per heavy atom. The number of hydrogen-bond acceptors (Lipinski definition) is 5. The highest BCUT2D eigenvalue weighted by Crippen LogP contribution is 2.18. The molecule has 3 aromatic rings. The Hall–Kier alpha value is -3.28. The maximum atomic E-state index is 12.4. The van der Waals surface area contributed by atoms with E-state index in [2.05, 4.69) is 31.7 Å². The van der Waals surface area contributed by atoms with Crippen LogP contribution in [-0.2, 0) is 6.54 Å². The highest BCUT2D eigenvalue weighted by Gasteiger charge is 2.11. The number of aromatic nitrogens is 3. The molecule has 6 nitrogen and oxygen atoms in total. The third kappa shape index (κ3) is 4.63. The molecule has 3 rings (SSSR count). The van der Waals surface area contributed by atoms with E-state index in [-0.39, 0.29) is 5.91 Å². The molecule has 2 N–H and O–H groups in total. The van der Waals surface area contributed by atoms with Gasteiger partial charge in [0.25, 0.3) is 5.91 Å². The van der Waals surface area contributed by atoms with Crippen molar-refractivity contribution in [1.82, 2.24) is 20.3 Å². The van der Waals surface area contributed by atoms with Crippen LogP contribution in [0.3, 0.4) is 0 Å². The Kier molecular flexibility index (Phi) is 5.22. The highest BCUT2D eigenvalue weighted by molar-refractivity contribution is 5.92. The van der Waals surface area contributed by atoms with Gasteiger partial charge in [0.15, 0.2) is 0 Å². The second kappa shape index (κ2) is 7.74. The number of carbonyl (C=O) groups is 1. The van der Waals surface area contributed by atoms with Crippen molar-refractivity contribution >= 4 is 17.5 Å². The van der Waals surface area contributed by atoms with E-state index in [0.717, 1.165) is 28.2 Å². The lowest BCUT2D eigenvalue weighted by Crippen LogP contribution is -2.24. The number of rotatable bonds is 5. The summed E-state index contributed by atoms with van der Waals surface area (Å²) in [6, 6.07) is 13.4. The number of aryl methyl sites for hydroxylation is 3. The molecule has 26 heavy (non-hydrogen) atoms.